The van der Waals surface area contributed by atoms with Gasteiger partial charge < -0.3 is 5.32 Å². The third kappa shape index (κ3) is 4.32. The summed E-state index contributed by atoms with van der Waals surface area (Å²) in [6.07, 6.45) is 0. The van der Waals surface area contributed by atoms with E-state index in [1.54, 1.807) is 25.1 Å². The fourth-order valence-electron chi connectivity index (χ4n) is 1.74. The summed E-state index contributed by atoms with van der Waals surface area (Å²) in [6.45, 7) is 3.74. The third-order valence-corrected chi connectivity index (χ3v) is 4.70. The van der Waals surface area contributed by atoms with Gasteiger partial charge in [0.05, 0.1) is 10.9 Å². The van der Waals surface area contributed by atoms with Crippen LogP contribution in [0, 0.1) is 12.7 Å². The van der Waals surface area contributed by atoms with Gasteiger partial charge in [0.2, 0.25) is 5.91 Å². The summed E-state index contributed by atoms with van der Waals surface area (Å²) in [5.41, 5.74) is 1.82. The molecular weight excluding hydrogens is 353 g/mol. The first kappa shape index (κ1) is 16.0. The van der Waals surface area contributed by atoms with Crippen LogP contribution in [0.4, 0.5) is 10.1 Å². The Hall–Kier alpha value is -1.33. The number of carbonyl (C=O) groups is 1. The van der Waals surface area contributed by atoms with Gasteiger partial charge in [-0.25, -0.2) is 4.39 Å². The molecule has 0 bridgehead atoms. The van der Waals surface area contributed by atoms with Gasteiger partial charge in [0.15, 0.2) is 0 Å². The Balaban J connectivity index is 2.04. The second kappa shape index (κ2) is 7.09. The third-order valence-electron chi connectivity index (χ3n) is 2.89. The number of anilines is 1. The van der Waals surface area contributed by atoms with Crippen LogP contribution in [-0.4, -0.2) is 11.2 Å². The molecule has 110 valence electrons. The Morgan fingerprint density at radius 3 is 2.67 bits per heavy atom. The van der Waals surface area contributed by atoms with Gasteiger partial charge in [-0.2, -0.15) is 0 Å². The van der Waals surface area contributed by atoms with Gasteiger partial charge in [-0.15, -0.1) is 11.8 Å². The summed E-state index contributed by atoms with van der Waals surface area (Å²) in [6, 6.07) is 12.2. The highest BCUT2D eigenvalue weighted by Crippen LogP contribution is 2.28. The maximum atomic E-state index is 13.6. The summed E-state index contributed by atoms with van der Waals surface area (Å²) in [4.78, 5) is 12.7. The average molecular weight is 368 g/mol. The van der Waals surface area contributed by atoms with Crippen molar-refractivity contribution in [1.82, 2.24) is 0 Å². The molecule has 1 unspecified atom stereocenters. The van der Waals surface area contributed by atoms with Crippen molar-refractivity contribution in [3.05, 3.63) is 58.3 Å². The van der Waals surface area contributed by atoms with E-state index in [-0.39, 0.29) is 11.7 Å². The first-order valence-electron chi connectivity index (χ1n) is 6.45. The average Bonchev–Trinajstić information content (AvgIpc) is 2.44. The Morgan fingerprint density at radius 2 is 2.00 bits per heavy atom. The number of rotatable bonds is 4. The molecule has 5 heteroatoms. The summed E-state index contributed by atoms with van der Waals surface area (Å²) in [5.74, 6) is -0.466. The lowest BCUT2D eigenvalue weighted by atomic mass is 10.2. The quantitative estimate of drug-likeness (QED) is 0.769. The molecule has 2 aromatic rings. The van der Waals surface area contributed by atoms with Crippen LogP contribution in [0.5, 0.6) is 0 Å². The zero-order valence-corrected chi connectivity index (χ0v) is 14.1. The zero-order chi connectivity index (χ0) is 15.4. The van der Waals surface area contributed by atoms with Gasteiger partial charge in [-0.05, 0) is 59.6 Å². The smallest absolute Gasteiger partial charge is 0.237 e. The van der Waals surface area contributed by atoms with Crippen molar-refractivity contribution < 1.29 is 9.18 Å². The molecular formula is C16H15BrFNOS. The number of amides is 1. The standard InChI is InChI=1S/C16H15BrFNOS/c1-10-7-8-14(12(17)9-10)19-16(20)11(2)21-15-6-4-3-5-13(15)18/h3-9,11H,1-2H3,(H,19,20). The predicted octanol–water partition coefficient (Wildman–Crippen LogP) is 5.02. The van der Waals surface area contributed by atoms with E-state index in [0.717, 1.165) is 10.0 Å². The molecule has 0 spiro atoms. The molecule has 0 heterocycles. The molecule has 0 aliphatic rings. The number of benzene rings is 2. The number of halogens is 2. The van der Waals surface area contributed by atoms with E-state index < -0.39 is 5.25 Å². The Kier molecular flexibility index (Phi) is 5.42. The van der Waals surface area contributed by atoms with Crippen LogP contribution in [0.3, 0.4) is 0 Å². The molecule has 1 atom stereocenters. The minimum atomic E-state index is -0.393. The lowest BCUT2D eigenvalue weighted by molar-refractivity contribution is -0.115. The number of carbonyl (C=O) groups excluding carboxylic acids is 1. The van der Waals surface area contributed by atoms with E-state index in [4.69, 9.17) is 0 Å². The largest absolute Gasteiger partial charge is 0.324 e. The zero-order valence-electron chi connectivity index (χ0n) is 11.7. The van der Waals surface area contributed by atoms with Crippen LogP contribution < -0.4 is 5.32 Å². The van der Waals surface area contributed by atoms with E-state index in [2.05, 4.69) is 21.2 Å². The molecule has 0 aliphatic heterocycles. The SMILES string of the molecule is Cc1ccc(NC(=O)C(C)Sc2ccccc2F)c(Br)c1. The molecule has 2 aromatic carbocycles. The van der Waals surface area contributed by atoms with Crippen LogP contribution in [-0.2, 0) is 4.79 Å². The Bertz CT molecular complexity index is 662. The molecule has 0 saturated heterocycles. The van der Waals surface area contributed by atoms with Crippen molar-refractivity contribution in [2.24, 2.45) is 0 Å². The summed E-state index contributed by atoms with van der Waals surface area (Å²) >= 11 is 4.63. The topological polar surface area (TPSA) is 29.1 Å². The van der Waals surface area contributed by atoms with E-state index in [1.807, 2.05) is 25.1 Å². The van der Waals surface area contributed by atoms with Crippen molar-refractivity contribution in [3.8, 4) is 0 Å². The predicted molar refractivity (Wildman–Crippen MR) is 89.2 cm³/mol. The molecule has 1 N–H and O–H groups in total. The minimum absolute atomic E-state index is 0.159. The molecule has 2 rings (SSSR count). The van der Waals surface area contributed by atoms with E-state index in [0.29, 0.717) is 10.6 Å². The maximum absolute atomic E-state index is 13.6. The van der Waals surface area contributed by atoms with Gasteiger partial charge in [-0.3, -0.25) is 4.79 Å². The van der Waals surface area contributed by atoms with Crippen molar-refractivity contribution in [2.75, 3.05) is 5.32 Å². The van der Waals surface area contributed by atoms with Crippen molar-refractivity contribution in [1.29, 1.82) is 0 Å². The highest BCUT2D eigenvalue weighted by atomic mass is 79.9. The summed E-state index contributed by atoms with van der Waals surface area (Å²) < 4.78 is 14.4. The second-order valence-corrected chi connectivity index (χ2v) is 6.90. The Morgan fingerprint density at radius 1 is 1.29 bits per heavy atom. The number of hydrogen-bond acceptors (Lipinski definition) is 2. The van der Waals surface area contributed by atoms with Gasteiger partial charge >= 0.3 is 0 Å². The van der Waals surface area contributed by atoms with Crippen LogP contribution >= 0.6 is 27.7 Å². The second-order valence-electron chi connectivity index (χ2n) is 4.66. The minimum Gasteiger partial charge on any atom is -0.324 e. The highest BCUT2D eigenvalue weighted by molar-refractivity contribution is 9.10. The molecule has 2 nitrogen and oxygen atoms in total. The normalized spacial score (nSPS) is 12.0. The van der Waals surface area contributed by atoms with Gasteiger partial charge in [-0.1, -0.05) is 18.2 Å². The number of thioether (sulfide) groups is 1. The molecule has 0 aromatic heterocycles. The lowest BCUT2D eigenvalue weighted by Crippen LogP contribution is -2.22. The fraction of sp³-hybridized carbons (Fsp3) is 0.188. The summed E-state index contributed by atoms with van der Waals surface area (Å²) in [7, 11) is 0. The first-order valence-corrected chi connectivity index (χ1v) is 8.13. The monoisotopic (exact) mass is 367 g/mol. The molecule has 0 radical (unpaired) electrons. The molecule has 1 amide bonds. The Labute approximate surface area is 136 Å². The van der Waals surface area contributed by atoms with Gasteiger partial charge in [0.25, 0.3) is 0 Å². The van der Waals surface area contributed by atoms with Crippen LogP contribution in [0.25, 0.3) is 0 Å². The fourth-order valence-corrected chi connectivity index (χ4v) is 3.22. The van der Waals surface area contributed by atoms with E-state index >= 15 is 0 Å². The molecule has 21 heavy (non-hydrogen) atoms. The lowest BCUT2D eigenvalue weighted by Gasteiger charge is -2.13. The molecule has 0 aliphatic carbocycles. The van der Waals surface area contributed by atoms with E-state index in [9.17, 15) is 9.18 Å². The van der Waals surface area contributed by atoms with Crippen LogP contribution in [0.2, 0.25) is 0 Å². The number of nitrogens with one attached hydrogen (secondary N) is 1. The maximum Gasteiger partial charge on any atom is 0.237 e. The number of hydrogen-bond donors (Lipinski definition) is 1. The van der Waals surface area contributed by atoms with Crippen molar-refractivity contribution >= 4 is 39.3 Å². The number of aryl methyl sites for hydroxylation is 1. The van der Waals surface area contributed by atoms with Gasteiger partial charge in [0.1, 0.15) is 5.82 Å². The van der Waals surface area contributed by atoms with Crippen LogP contribution in [0.15, 0.2) is 51.8 Å². The van der Waals surface area contributed by atoms with Crippen molar-refractivity contribution in [2.45, 2.75) is 24.0 Å². The van der Waals surface area contributed by atoms with E-state index in [1.165, 1.54) is 17.8 Å². The van der Waals surface area contributed by atoms with Gasteiger partial charge in [0, 0.05) is 9.37 Å². The van der Waals surface area contributed by atoms with Crippen molar-refractivity contribution in [3.63, 3.8) is 0 Å². The first-order chi connectivity index (χ1) is 9.97. The molecule has 0 fully saturated rings. The summed E-state index contributed by atoms with van der Waals surface area (Å²) in [5, 5.41) is 2.45. The molecule has 0 saturated carbocycles. The van der Waals surface area contributed by atoms with Crippen LogP contribution in [0.1, 0.15) is 12.5 Å². The highest BCUT2D eigenvalue weighted by Gasteiger charge is 2.17.